The third-order valence-corrected chi connectivity index (χ3v) is 4.18. The van der Waals surface area contributed by atoms with Crippen LogP contribution in [0, 0.1) is 10.1 Å². The molecule has 1 aromatic heterocycles. The molecule has 0 aliphatic rings. The molecular weight excluding hydrogens is 394 g/mol. The monoisotopic (exact) mass is 409 g/mol. The minimum absolute atomic E-state index is 0. The number of methoxy groups -OCH3 is 1. The number of rotatable bonds is 5. The van der Waals surface area contributed by atoms with Crippen molar-refractivity contribution in [3.8, 4) is 28.5 Å². The van der Waals surface area contributed by atoms with Gasteiger partial charge in [-0.15, -0.1) is 0 Å². The fraction of sp³-hybridized carbons (Fsp3) is 0.0500. The van der Waals surface area contributed by atoms with E-state index in [1.165, 1.54) is 12.1 Å². The van der Waals surface area contributed by atoms with Crippen molar-refractivity contribution in [3.63, 3.8) is 0 Å². The molecule has 0 aliphatic heterocycles. The van der Waals surface area contributed by atoms with Gasteiger partial charge in [0.15, 0.2) is 5.75 Å². The van der Waals surface area contributed by atoms with Gasteiger partial charge in [0, 0.05) is 16.9 Å². The second-order valence-electron chi connectivity index (χ2n) is 5.91. The van der Waals surface area contributed by atoms with Gasteiger partial charge in [0.05, 0.1) is 22.7 Å². The maximum Gasteiger partial charge on any atom is 0.340 e. The Bertz CT molecular complexity index is 1130. The average Bonchev–Trinajstić information content (AvgIpc) is 3.19. The maximum absolute atomic E-state index is 11.0. The first-order chi connectivity index (χ1) is 13.7. The van der Waals surface area contributed by atoms with Gasteiger partial charge >= 0.3 is 5.82 Å². The quantitative estimate of drug-likeness (QED) is 0.266. The Kier molecular flexibility index (Phi) is 5.85. The van der Waals surface area contributed by atoms with Crippen molar-refractivity contribution in [3.05, 3.63) is 89.0 Å². The number of hydrogen-bond donors (Lipinski definition) is 0. The summed E-state index contributed by atoms with van der Waals surface area (Å²) >= 11 is 0. The van der Waals surface area contributed by atoms with Crippen molar-refractivity contribution in [2.75, 3.05) is 7.11 Å². The minimum atomic E-state index is -0.436. The van der Waals surface area contributed by atoms with E-state index < -0.39 is 4.92 Å². The molecule has 4 aromatic rings. The lowest BCUT2D eigenvalue weighted by Gasteiger charge is -2.04. The lowest BCUT2D eigenvalue weighted by Crippen LogP contribution is -3.00. The summed E-state index contributed by atoms with van der Waals surface area (Å²) in [5, 5.41) is 20.2. The maximum atomic E-state index is 11.0. The van der Waals surface area contributed by atoms with E-state index >= 15 is 0 Å². The third-order valence-electron chi connectivity index (χ3n) is 4.18. The van der Waals surface area contributed by atoms with Crippen LogP contribution in [-0.2, 0) is 0 Å². The van der Waals surface area contributed by atoms with E-state index in [0.29, 0.717) is 22.9 Å². The van der Waals surface area contributed by atoms with Crippen LogP contribution in [0.25, 0.3) is 22.8 Å². The topological polar surface area (TPSA) is 87.0 Å². The van der Waals surface area contributed by atoms with Gasteiger partial charge in [-0.05, 0) is 46.3 Å². The summed E-state index contributed by atoms with van der Waals surface area (Å²) in [6, 6.07) is 23.2. The van der Waals surface area contributed by atoms with Gasteiger partial charge in [-0.3, -0.25) is 10.1 Å². The van der Waals surface area contributed by atoms with Gasteiger partial charge in [-0.2, -0.15) is 0 Å². The largest absolute Gasteiger partial charge is 1.00 e. The molecule has 0 unspecified atom stereocenters. The van der Waals surface area contributed by atoms with E-state index in [9.17, 15) is 10.1 Å². The van der Waals surface area contributed by atoms with Crippen molar-refractivity contribution in [1.82, 2.24) is 15.0 Å². The number of para-hydroxylation sites is 2. The number of benzene rings is 3. The van der Waals surface area contributed by atoms with E-state index in [-0.39, 0.29) is 18.1 Å². The van der Waals surface area contributed by atoms with Gasteiger partial charge in [0.2, 0.25) is 5.69 Å². The van der Waals surface area contributed by atoms with Gasteiger partial charge in [0.25, 0.3) is 5.69 Å². The molecular formula is C20H16ClN5O3. The first-order valence-corrected chi connectivity index (χ1v) is 8.50. The predicted octanol–water partition coefficient (Wildman–Crippen LogP) is 0.132. The number of nitrogens with zero attached hydrogens (tertiary/aromatic N) is 5. The summed E-state index contributed by atoms with van der Waals surface area (Å²) in [7, 11) is 1.59. The fourth-order valence-corrected chi connectivity index (χ4v) is 2.81. The Morgan fingerprint density at radius 2 is 1.62 bits per heavy atom. The number of halogens is 1. The van der Waals surface area contributed by atoms with Crippen LogP contribution in [0.2, 0.25) is 0 Å². The molecule has 0 bridgehead atoms. The number of nitro groups is 1. The molecule has 0 fully saturated rings. The Hall–Kier alpha value is -3.78. The summed E-state index contributed by atoms with van der Waals surface area (Å²) in [6.07, 6.45) is 0. The summed E-state index contributed by atoms with van der Waals surface area (Å²) in [5.74, 6) is 1.15. The number of nitro benzene ring substituents is 1. The van der Waals surface area contributed by atoms with Crippen molar-refractivity contribution in [2.45, 2.75) is 0 Å². The number of non-ortho nitro benzene ring substituents is 1. The fourth-order valence-electron chi connectivity index (χ4n) is 2.81. The van der Waals surface area contributed by atoms with Crippen LogP contribution in [-0.4, -0.2) is 27.0 Å². The molecule has 3 aromatic carbocycles. The van der Waals surface area contributed by atoms with Crippen LogP contribution >= 0.6 is 0 Å². The predicted molar refractivity (Wildman–Crippen MR) is 102 cm³/mol. The van der Waals surface area contributed by atoms with Gasteiger partial charge < -0.3 is 17.1 Å². The number of tetrazole rings is 1. The van der Waals surface area contributed by atoms with Crippen LogP contribution in [0.1, 0.15) is 0 Å². The second-order valence-corrected chi connectivity index (χ2v) is 5.91. The van der Waals surface area contributed by atoms with E-state index in [2.05, 4.69) is 10.2 Å². The summed E-state index contributed by atoms with van der Waals surface area (Å²) in [6.45, 7) is 0. The first-order valence-electron chi connectivity index (χ1n) is 8.50. The minimum Gasteiger partial charge on any atom is -1.00 e. The standard InChI is InChI=1S/C20H16N5O3.ClH/c1-28-19-10-6-5-9-18(19)24-22-20(15-7-3-2-4-8-15)21-23(24)16-11-13-17(14-12-16)25(26)27;/h2-14H,1H3;1H/q+1;/p-1. The molecule has 0 spiro atoms. The SMILES string of the molecule is COc1ccccc1-[n+]1nc(-c2ccccc2)nn1-c1ccc([N+](=O)[O-])cc1.[Cl-]. The van der Waals surface area contributed by atoms with Gasteiger partial charge in [-0.1, -0.05) is 30.3 Å². The number of ether oxygens (including phenoxy) is 1. The molecule has 0 radical (unpaired) electrons. The molecule has 0 aliphatic carbocycles. The molecule has 1 heterocycles. The molecule has 146 valence electrons. The molecule has 0 N–H and O–H groups in total. The van der Waals surface area contributed by atoms with Crippen LogP contribution in [0.4, 0.5) is 5.69 Å². The zero-order valence-electron chi connectivity index (χ0n) is 15.3. The first kappa shape index (κ1) is 20.0. The lowest BCUT2D eigenvalue weighted by atomic mass is 10.2. The van der Waals surface area contributed by atoms with Crippen LogP contribution in [0.15, 0.2) is 78.9 Å². The van der Waals surface area contributed by atoms with Crippen LogP contribution < -0.4 is 21.9 Å². The highest BCUT2D eigenvalue weighted by Crippen LogP contribution is 2.20. The molecule has 29 heavy (non-hydrogen) atoms. The Labute approximate surface area is 172 Å². The molecule has 8 nitrogen and oxygen atoms in total. The number of aromatic nitrogens is 4. The lowest BCUT2D eigenvalue weighted by molar-refractivity contribution is -0.734. The van der Waals surface area contributed by atoms with Crippen molar-refractivity contribution < 1.29 is 26.9 Å². The van der Waals surface area contributed by atoms with E-state index in [0.717, 1.165) is 5.56 Å². The summed E-state index contributed by atoms with van der Waals surface area (Å²) in [4.78, 5) is 13.7. The normalized spacial score (nSPS) is 10.2. The Morgan fingerprint density at radius 3 is 2.28 bits per heavy atom. The van der Waals surface area contributed by atoms with Crippen LogP contribution in [0.3, 0.4) is 0 Å². The Balaban J connectivity index is 0.00000240. The van der Waals surface area contributed by atoms with E-state index in [1.54, 1.807) is 28.8 Å². The highest BCUT2D eigenvalue weighted by atomic mass is 35.5. The average molecular weight is 410 g/mol. The molecule has 4 rings (SSSR count). The zero-order chi connectivity index (χ0) is 19.5. The second kappa shape index (κ2) is 8.49. The summed E-state index contributed by atoms with van der Waals surface area (Å²) < 4.78 is 5.46. The highest BCUT2D eigenvalue weighted by molar-refractivity contribution is 5.53. The zero-order valence-corrected chi connectivity index (χ0v) is 16.1. The van der Waals surface area contributed by atoms with E-state index in [1.807, 2.05) is 54.6 Å². The van der Waals surface area contributed by atoms with Crippen molar-refractivity contribution in [2.24, 2.45) is 0 Å². The van der Waals surface area contributed by atoms with Crippen LogP contribution in [0.5, 0.6) is 5.75 Å². The molecule has 0 saturated carbocycles. The highest BCUT2D eigenvalue weighted by Gasteiger charge is 2.25. The van der Waals surface area contributed by atoms with Crippen molar-refractivity contribution >= 4 is 5.69 Å². The smallest absolute Gasteiger partial charge is 0.340 e. The third kappa shape index (κ3) is 3.92. The van der Waals surface area contributed by atoms with Gasteiger partial charge in [-0.25, -0.2) is 0 Å². The molecule has 0 amide bonds. The number of hydrogen-bond acceptors (Lipinski definition) is 5. The van der Waals surface area contributed by atoms with Gasteiger partial charge in [0.1, 0.15) is 5.69 Å². The van der Waals surface area contributed by atoms with Crippen molar-refractivity contribution in [1.29, 1.82) is 0 Å². The molecule has 0 saturated heterocycles. The Morgan fingerprint density at radius 1 is 0.966 bits per heavy atom. The van der Waals surface area contributed by atoms with E-state index in [4.69, 9.17) is 4.74 Å². The molecule has 0 atom stereocenters. The summed E-state index contributed by atoms with van der Waals surface area (Å²) in [5.41, 5.74) is 2.19. The molecule has 9 heteroatoms.